The Labute approximate surface area is 209 Å². The van der Waals surface area contributed by atoms with Crippen LogP contribution in [0.4, 0.5) is 0 Å². The van der Waals surface area contributed by atoms with E-state index in [1.807, 2.05) is 42.5 Å². The van der Waals surface area contributed by atoms with Gasteiger partial charge in [-0.05, 0) is 37.5 Å². The van der Waals surface area contributed by atoms with Crippen LogP contribution < -0.4 is 17.1 Å². The number of aliphatic hydroxyl groups is 1. The summed E-state index contributed by atoms with van der Waals surface area (Å²) in [5.41, 5.74) is 0.903. The molecule has 1 aliphatic carbocycles. The lowest BCUT2D eigenvalue weighted by molar-refractivity contribution is -0.904. The lowest BCUT2D eigenvalue weighted by Crippen LogP contribution is -3.00. The third kappa shape index (κ3) is 6.21. The van der Waals surface area contributed by atoms with Crippen molar-refractivity contribution >= 4 is 0 Å². The molecular weight excluding hydrogens is 448 g/mol. The van der Waals surface area contributed by atoms with Crippen molar-refractivity contribution in [2.24, 2.45) is 5.92 Å². The Morgan fingerprint density at radius 3 is 2.38 bits per heavy atom. The summed E-state index contributed by atoms with van der Waals surface area (Å²) in [6, 6.07) is 18.0. The van der Waals surface area contributed by atoms with E-state index in [1.165, 1.54) is 12.0 Å². The number of quaternary nitrogens is 1. The van der Waals surface area contributed by atoms with Crippen LogP contribution >= 0.6 is 0 Å². The molecule has 0 radical (unpaired) electrons. The number of halogens is 1. The zero-order valence-corrected chi connectivity index (χ0v) is 21.3. The predicted molar refractivity (Wildman–Crippen MR) is 130 cm³/mol. The van der Waals surface area contributed by atoms with Gasteiger partial charge in [0.25, 0.3) is 0 Å². The molecule has 3 aromatic rings. The molecule has 2 aromatic carbocycles. The van der Waals surface area contributed by atoms with Gasteiger partial charge in [0.15, 0.2) is 11.4 Å². The third-order valence-electron chi connectivity index (χ3n) is 6.86. The van der Waals surface area contributed by atoms with Crippen LogP contribution in [0.15, 0.2) is 65.2 Å². The molecule has 0 aliphatic heterocycles. The minimum Gasteiger partial charge on any atom is -1.00 e. The minimum absolute atomic E-state index is 0. The number of ether oxygens (including phenoxy) is 1. The van der Waals surface area contributed by atoms with Crippen molar-refractivity contribution in [2.75, 3.05) is 27.2 Å². The van der Waals surface area contributed by atoms with E-state index in [9.17, 15) is 5.11 Å². The molecule has 0 unspecified atom stereocenters. The first-order chi connectivity index (χ1) is 15.9. The van der Waals surface area contributed by atoms with Gasteiger partial charge in [0, 0.05) is 5.92 Å². The number of benzene rings is 2. The van der Waals surface area contributed by atoms with Gasteiger partial charge in [-0.3, -0.25) is 0 Å². The molecule has 0 bridgehead atoms. The maximum Gasteiger partial charge on any atom is 0.231 e. The van der Waals surface area contributed by atoms with E-state index in [-0.39, 0.29) is 18.3 Å². The standard InChI is InChI=1S/C28H37N2O3.ClH/c1-22-14-16-25(17-15-22)32-19-18-30(2,3)21-26-20-29-27(33-26)28(31,23-10-6-4-7-11-23)24-12-8-5-9-13-24;/h4,6-7,10-11,14-17,20,24,31H,5,8-9,12-13,18-19,21H2,1-3H3;1H/q+1;/p-1/t28-;/m0./s1. The highest BCUT2D eigenvalue weighted by Gasteiger charge is 2.44. The topological polar surface area (TPSA) is 55.5 Å². The van der Waals surface area contributed by atoms with Crippen LogP contribution in [0, 0.1) is 12.8 Å². The Hall–Kier alpha value is -2.34. The Morgan fingerprint density at radius 1 is 1.03 bits per heavy atom. The van der Waals surface area contributed by atoms with Gasteiger partial charge in [-0.1, -0.05) is 67.3 Å². The first-order valence-electron chi connectivity index (χ1n) is 12.1. The maximum absolute atomic E-state index is 12.0. The molecule has 1 fully saturated rings. The number of nitrogens with zero attached hydrogens (tertiary/aromatic N) is 2. The van der Waals surface area contributed by atoms with Gasteiger partial charge in [0.2, 0.25) is 5.89 Å². The fourth-order valence-electron chi connectivity index (χ4n) is 4.85. The molecule has 1 N–H and O–H groups in total. The van der Waals surface area contributed by atoms with Crippen molar-refractivity contribution < 1.29 is 31.2 Å². The molecule has 0 spiro atoms. The van der Waals surface area contributed by atoms with Crippen LogP contribution in [0.3, 0.4) is 0 Å². The summed E-state index contributed by atoms with van der Waals surface area (Å²) < 4.78 is 12.9. The zero-order valence-electron chi connectivity index (χ0n) is 20.5. The molecule has 0 amide bonds. The third-order valence-corrected chi connectivity index (χ3v) is 6.86. The summed E-state index contributed by atoms with van der Waals surface area (Å²) >= 11 is 0. The second kappa shape index (κ2) is 11.4. The van der Waals surface area contributed by atoms with Crippen LogP contribution in [-0.4, -0.2) is 41.8 Å². The highest BCUT2D eigenvalue weighted by atomic mass is 35.5. The number of aryl methyl sites for hydroxylation is 1. The molecule has 6 heteroatoms. The lowest BCUT2D eigenvalue weighted by Gasteiger charge is -2.36. The molecule has 184 valence electrons. The molecule has 1 atom stereocenters. The van der Waals surface area contributed by atoms with E-state index >= 15 is 0 Å². The van der Waals surface area contributed by atoms with Crippen molar-refractivity contribution in [2.45, 2.75) is 51.2 Å². The van der Waals surface area contributed by atoms with Gasteiger partial charge in [0.05, 0.1) is 20.3 Å². The van der Waals surface area contributed by atoms with Gasteiger partial charge in [0.1, 0.15) is 25.4 Å². The van der Waals surface area contributed by atoms with Crippen LogP contribution in [0.5, 0.6) is 5.75 Å². The Morgan fingerprint density at radius 2 is 1.71 bits per heavy atom. The van der Waals surface area contributed by atoms with Crippen molar-refractivity contribution in [3.63, 3.8) is 0 Å². The quantitative estimate of drug-likeness (QED) is 0.474. The Bertz CT molecular complexity index is 1010. The van der Waals surface area contributed by atoms with E-state index in [4.69, 9.17) is 9.15 Å². The van der Waals surface area contributed by atoms with E-state index in [0.29, 0.717) is 23.5 Å². The molecule has 1 aliphatic rings. The molecule has 5 nitrogen and oxygen atoms in total. The van der Waals surface area contributed by atoms with Gasteiger partial charge in [-0.2, -0.15) is 0 Å². The highest BCUT2D eigenvalue weighted by molar-refractivity contribution is 5.30. The monoisotopic (exact) mass is 484 g/mol. The molecule has 34 heavy (non-hydrogen) atoms. The average Bonchev–Trinajstić information content (AvgIpc) is 3.29. The number of hydrogen-bond acceptors (Lipinski definition) is 4. The largest absolute Gasteiger partial charge is 1.00 e. The number of rotatable bonds is 9. The molecular formula is C28H37ClN2O3. The SMILES string of the molecule is Cc1ccc(OCC[N+](C)(C)Cc2cnc([C@](O)(c3ccccc3)C3CCCCC3)o2)cc1.[Cl-]. The second-order valence-electron chi connectivity index (χ2n) is 10.1. The maximum atomic E-state index is 12.0. The fourth-order valence-corrected chi connectivity index (χ4v) is 4.85. The minimum atomic E-state index is -1.19. The summed E-state index contributed by atoms with van der Waals surface area (Å²) in [5, 5.41) is 12.0. The average molecular weight is 485 g/mol. The van der Waals surface area contributed by atoms with Crippen molar-refractivity contribution in [3.05, 3.63) is 83.6 Å². The lowest BCUT2D eigenvalue weighted by atomic mass is 9.73. The van der Waals surface area contributed by atoms with E-state index in [0.717, 1.165) is 49.3 Å². The molecule has 0 saturated heterocycles. The number of aromatic nitrogens is 1. The molecule has 4 rings (SSSR count). The van der Waals surface area contributed by atoms with Crippen LogP contribution in [0.2, 0.25) is 0 Å². The van der Waals surface area contributed by atoms with Crippen LogP contribution in [0.25, 0.3) is 0 Å². The molecule has 1 saturated carbocycles. The predicted octanol–water partition coefficient (Wildman–Crippen LogP) is 2.46. The smallest absolute Gasteiger partial charge is 0.231 e. The van der Waals surface area contributed by atoms with Gasteiger partial charge >= 0.3 is 0 Å². The fraction of sp³-hybridized carbons (Fsp3) is 0.464. The normalized spacial score (nSPS) is 16.5. The summed E-state index contributed by atoms with van der Waals surface area (Å²) in [7, 11) is 4.32. The summed E-state index contributed by atoms with van der Waals surface area (Å²) in [6.07, 6.45) is 7.26. The highest BCUT2D eigenvalue weighted by Crippen LogP contribution is 2.43. The van der Waals surface area contributed by atoms with Crippen molar-refractivity contribution in [3.8, 4) is 5.75 Å². The van der Waals surface area contributed by atoms with E-state index in [1.54, 1.807) is 6.20 Å². The zero-order chi connectivity index (χ0) is 23.3. The Kier molecular flexibility index (Phi) is 8.80. The van der Waals surface area contributed by atoms with Crippen LogP contribution in [0.1, 0.15) is 54.9 Å². The summed E-state index contributed by atoms with van der Waals surface area (Å²) in [6.45, 7) is 4.20. The van der Waals surface area contributed by atoms with Crippen molar-refractivity contribution in [1.82, 2.24) is 4.98 Å². The van der Waals surface area contributed by atoms with Gasteiger partial charge in [-0.15, -0.1) is 0 Å². The Balaban J connectivity index is 0.00000324. The van der Waals surface area contributed by atoms with Gasteiger partial charge < -0.3 is 31.2 Å². The van der Waals surface area contributed by atoms with Crippen molar-refractivity contribution in [1.29, 1.82) is 0 Å². The number of hydrogen-bond donors (Lipinski definition) is 1. The first kappa shape index (κ1) is 26.3. The summed E-state index contributed by atoms with van der Waals surface area (Å²) in [5.74, 6) is 2.22. The van der Waals surface area contributed by atoms with E-state index < -0.39 is 5.60 Å². The number of oxazole rings is 1. The van der Waals surface area contributed by atoms with Gasteiger partial charge in [-0.25, -0.2) is 4.98 Å². The first-order valence-corrected chi connectivity index (χ1v) is 12.1. The molecule has 1 aromatic heterocycles. The summed E-state index contributed by atoms with van der Waals surface area (Å²) in [4.78, 5) is 4.60. The number of likely N-dealkylation sites (N-methyl/N-ethyl adjacent to an activating group) is 1. The van der Waals surface area contributed by atoms with E-state index in [2.05, 4.69) is 38.1 Å². The second-order valence-corrected chi connectivity index (χ2v) is 10.1. The molecule has 1 heterocycles. The van der Waals surface area contributed by atoms with Crippen LogP contribution in [-0.2, 0) is 12.1 Å².